The molecule has 0 aliphatic rings. The zero-order chi connectivity index (χ0) is 23.5. The Hall–Kier alpha value is -3.17. The van der Waals surface area contributed by atoms with Crippen LogP contribution in [0.5, 0.6) is 0 Å². The molecule has 3 N–H and O–H groups in total. The van der Waals surface area contributed by atoms with Gasteiger partial charge in [0.15, 0.2) is 0 Å². The lowest BCUT2D eigenvalue weighted by atomic mass is 9.95. The van der Waals surface area contributed by atoms with E-state index >= 15 is 0 Å². The van der Waals surface area contributed by atoms with Crippen LogP contribution in [0.2, 0.25) is 0 Å². The van der Waals surface area contributed by atoms with Crippen LogP contribution in [-0.4, -0.2) is 30.4 Å². The fourth-order valence-electron chi connectivity index (χ4n) is 3.70. The van der Waals surface area contributed by atoms with Gasteiger partial charge in [0.1, 0.15) is 0 Å². The molecular weight excluding hydrogens is 430 g/mol. The number of pyridine rings is 1. The third-order valence-corrected chi connectivity index (χ3v) is 5.67. The van der Waals surface area contributed by atoms with E-state index in [4.69, 9.17) is 0 Å². The molecule has 0 saturated heterocycles. The van der Waals surface area contributed by atoms with Crippen molar-refractivity contribution in [3.63, 3.8) is 0 Å². The minimum Gasteiger partial charge on any atom is -0.465 e. The van der Waals surface area contributed by atoms with E-state index in [0.29, 0.717) is 28.6 Å². The standard InChI is InChI=1S/C23H27N3O5S/c1-15(2)14-26-20(13-24-23(28)29)21(17-7-5-4-6-8-17)19-11-16(12-25-32(3,30)31)9-10-18(19)22(26)27/h4-11,15,24-25H,12-14H2,1-3H3,(H,28,29). The normalized spacial score (nSPS) is 11.8. The van der Waals surface area contributed by atoms with Crippen molar-refractivity contribution in [3.05, 3.63) is 70.1 Å². The molecule has 9 heteroatoms. The SMILES string of the molecule is CC(C)Cn1c(CNC(=O)O)c(-c2ccccc2)c2cc(CNS(C)(=O)=O)ccc2c1=O. The fraction of sp³-hybridized carbons (Fsp3) is 0.304. The van der Waals surface area contributed by atoms with Crippen LogP contribution in [0, 0.1) is 5.92 Å². The van der Waals surface area contributed by atoms with Crippen molar-refractivity contribution in [3.8, 4) is 11.1 Å². The number of rotatable bonds is 8. The fourth-order valence-corrected chi connectivity index (χ4v) is 4.12. The molecule has 1 amide bonds. The molecule has 3 aromatic rings. The van der Waals surface area contributed by atoms with Gasteiger partial charge in [-0.3, -0.25) is 4.79 Å². The number of benzene rings is 2. The van der Waals surface area contributed by atoms with Crippen molar-refractivity contribution in [1.29, 1.82) is 0 Å². The van der Waals surface area contributed by atoms with Crippen LogP contribution in [0.15, 0.2) is 53.3 Å². The summed E-state index contributed by atoms with van der Waals surface area (Å²) in [6.07, 6.45) is -0.0947. The molecule has 0 unspecified atom stereocenters. The molecule has 0 atom stereocenters. The van der Waals surface area contributed by atoms with Crippen LogP contribution in [0.1, 0.15) is 25.1 Å². The summed E-state index contributed by atoms with van der Waals surface area (Å²) in [4.78, 5) is 24.7. The maximum absolute atomic E-state index is 13.4. The number of carboxylic acid groups (broad SMARTS) is 1. The lowest BCUT2D eigenvalue weighted by molar-refractivity contribution is 0.193. The molecule has 32 heavy (non-hydrogen) atoms. The molecule has 0 fully saturated rings. The molecule has 1 aromatic heterocycles. The van der Waals surface area contributed by atoms with Gasteiger partial charge < -0.3 is 15.0 Å². The van der Waals surface area contributed by atoms with Crippen LogP contribution in [0.3, 0.4) is 0 Å². The second kappa shape index (κ2) is 9.54. The van der Waals surface area contributed by atoms with E-state index in [1.54, 1.807) is 22.8 Å². The number of sulfonamides is 1. The smallest absolute Gasteiger partial charge is 0.404 e. The highest BCUT2D eigenvalue weighted by Crippen LogP contribution is 2.32. The zero-order valence-electron chi connectivity index (χ0n) is 18.3. The number of fused-ring (bicyclic) bond motifs is 1. The van der Waals surface area contributed by atoms with Gasteiger partial charge in [0.2, 0.25) is 10.0 Å². The molecule has 170 valence electrons. The van der Waals surface area contributed by atoms with Crippen LogP contribution >= 0.6 is 0 Å². The summed E-state index contributed by atoms with van der Waals surface area (Å²) in [5.74, 6) is 0.163. The topological polar surface area (TPSA) is 118 Å². The number of amides is 1. The first kappa shape index (κ1) is 23.5. The summed E-state index contributed by atoms with van der Waals surface area (Å²) < 4.78 is 27.2. The van der Waals surface area contributed by atoms with Crippen molar-refractivity contribution in [2.24, 2.45) is 5.92 Å². The summed E-state index contributed by atoms with van der Waals surface area (Å²) in [5.41, 5.74) is 2.63. The average Bonchev–Trinajstić information content (AvgIpc) is 2.72. The Labute approximate surface area is 186 Å². The van der Waals surface area contributed by atoms with Gasteiger partial charge in [-0.15, -0.1) is 0 Å². The highest BCUT2D eigenvalue weighted by molar-refractivity contribution is 7.88. The number of nitrogens with zero attached hydrogens (tertiary/aromatic N) is 1. The minimum absolute atomic E-state index is 0.0384. The van der Waals surface area contributed by atoms with Gasteiger partial charge in [0.25, 0.3) is 5.56 Å². The van der Waals surface area contributed by atoms with Gasteiger partial charge in [0.05, 0.1) is 12.8 Å². The largest absolute Gasteiger partial charge is 0.465 e. The summed E-state index contributed by atoms with van der Waals surface area (Å²) in [6, 6.07) is 14.7. The van der Waals surface area contributed by atoms with Crippen LogP contribution in [0.4, 0.5) is 4.79 Å². The molecular formula is C23H27N3O5S. The van der Waals surface area contributed by atoms with Gasteiger partial charge in [0, 0.05) is 29.7 Å². The molecule has 3 rings (SSSR count). The minimum atomic E-state index is -3.38. The Balaban J connectivity index is 2.35. The maximum atomic E-state index is 13.4. The molecule has 2 aromatic carbocycles. The highest BCUT2D eigenvalue weighted by Gasteiger charge is 2.20. The van der Waals surface area contributed by atoms with Gasteiger partial charge in [-0.2, -0.15) is 0 Å². The molecule has 0 saturated carbocycles. The third kappa shape index (κ3) is 5.54. The molecule has 0 bridgehead atoms. The Bertz CT molecular complexity index is 1300. The van der Waals surface area contributed by atoms with E-state index in [2.05, 4.69) is 10.0 Å². The molecule has 1 heterocycles. The van der Waals surface area contributed by atoms with Gasteiger partial charge in [-0.05, 0) is 34.6 Å². The predicted molar refractivity (Wildman–Crippen MR) is 125 cm³/mol. The number of hydrogen-bond donors (Lipinski definition) is 3. The first-order chi connectivity index (χ1) is 15.1. The lowest BCUT2D eigenvalue weighted by Gasteiger charge is -2.22. The molecule has 8 nitrogen and oxygen atoms in total. The Morgan fingerprint density at radius 1 is 1.06 bits per heavy atom. The van der Waals surface area contributed by atoms with E-state index in [1.807, 2.05) is 44.2 Å². The van der Waals surface area contributed by atoms with Gasteiger partial charge >= 0.3 is 6.09 Å². The Morgan fingerprint density at radius 3 is 2.34 bits per heavy atom. The quantitative estimate of drug-likeness (QED) is 0.480. The molecule has 0 aliphatic carbocycles. The average molecular weight is 458 g/mol. The monoisotopic (exact) mass is 457 g/mol. The van der Waals surface area contributed by atoms with E-state index in [0.717, 1.165) is 17.4 Å². The Morgan fingerprint density at radius 2 is 1.75 bits per heavy atom. The highest BCUT2D eigenvalue weighted by atomic mass is 32.2. The zero-order valence-corrected chi connectivity index (χ0v) is 19.1. The number of carbonyl (C=O) groups is 1. The molecule has 0 aliphatic heterocycles. The molecule has 0 spiro atoms. The third-order valence-electron chi connectivity index (χ3n) is 5.00. The molecule has 0 radical (unpaired) electrons. The first-order valence-electron chi connectivity index (χ1n) is 10.2. The number of nitrogens with one attached hydrogen (secondary N) is 2. The van der Waals surface area contributed by atoms with Crippen LogP contribution in [0.25, 0.3) is 21.9 Å². The van der Waals surface area contributed by atoms with Crippen molar-refractivity contribution >= 4 is 26.9 Å². The van der Waals surface area contributed by atoms with Crippen molar-refractivity contribution in [1.82, 2.24) is 14.6 Å². The summed E-state index contributed by atoms with van der Waals surface area (Å²) >= 11 is 0. The van der Waals surface area contributed by atoms with E-state index < -0.39 is 16.1 Å². The van der Waals surface area contributed by atoms with Gasteiger partial charge in [-0.1, -0.05) is 50.2 Å². The lowest BCUT2D eigenvalue weighted by Crippen LogP contribution is -2.31. The first-order valence-corrected chi connectivity index (χ1v) is 12.1. The van der Waals surface area contributed by atoms with E-state index in [9.17, 15) is 23.1 Å². The number of aromatic nitrogens is 1. The van der Waals surface area contributed by atoms with Gasteiger partial charge in [-0.25, -0.2) is 17.9 Å². The predicted octanol–water partition coefficient (Wildman–Crippen LogP) is 3.14. The Kier molecular flexibility index (Phi) is 7.00. The second-order valence-corrected chi connectivity index (χ2v) is 9.96. The van der Waals surface area contributed by atoms with Crippen molar-refractivity contribution in [2.75, 3.05) is 6.26 Å². The summed E-state index contributed by atoms with van der Waals surface area (Å²) in [5, 5.41) is 12.8. The second-order valence-electron chi connectivity index (χ2n) is 8.13. The van der Waals surface area contributed by atoms with E-state index in [1.165, 1.54) is 0 Å². The van der Waals surface area contributed by atoms with Crippen molar-refractivity contribution < 1.29 is 18.3 Å². The van der Waals surface area contributed by atoms with Crippen LogP contribution in [-0.2, 0) is 29.7 Å². The van der Waals surface area contributed by atoms with E-state index in [-0.39, 0.29) is 24.6 Å². The summed E-state index contributed by atoms with van der Waals surface area (Å²) in [7, 11) is -3.38. The van der Waals surface area contributed by atoms with Crippen molar-refractivity contribution in [2.45, 2.75) is 33.5 Å². The number of hydrogen-bond acceptors (Lipinski definition) is 4. The van der Waals surface area contributed by atoms with Crippen LogP contribution < -0.4 is 15.6 Å². The summed E-state index contributed by atoms with van der Waals surface area (Å²) in [6.45, 7) is 4.47. The maximum Gasteiger partial charge on any atom is 0.404 e.